The molecule has 0 bridgehead atoms. The van der Waals surface area contributed by atoms with Crippen molar-refractivity contribution < 1.29 is 4.79 Å². The molecule has 104 valence electrons. The molecule has 2 rings (SSSR count). The molecule has 3 heteroatoms. The van der Waals surface area contributed by atoms with Gasteiger partial charge in [0.2, 0.25) is 5.91 Å². The number of aryl methyl sites for hydroxylation is 1. The number of pyridine rings is 1. The van der Waals surface area contributed by atoms with E-state index in [9.17, 15) is 4.79 Å². The van der Waals surface area contributed by atoms with Crippen LogP contribution in [0.5, 0.6) is 0 Å². The van der Waals surface area contributed by atoms with Crippen LogP contribution in [0, 0.1) is 12.8 Å². The number of hydrogen-bond acceptors (Lipinski definition) is 2. The molecule has 19 heavy (non-hydrogen) atoms. The molecule has 1 saturated heterocycles. The molecule has 0 aromatic carbocycles. The number of aromatic nitrogens is 1. The predicted octanol–water partition coefficient (Wildman–Crippen LogP) is 2.97. The Labute approximate surface area is 116 Å². The van der Waals surface area contributed by atoms with Crippen molar-refractivity contribution >= 4 is 5.91 Å². The molecular formula is C16H24N2O. The van der Waals surface area contributed by atoms with Gasteiger partial charge in [0, 0.05) is 25.0 Å². The lowest BCUT2D eigenvalue weighted by Crippen LogP contribution is -2.33. The van der Waals surface area contributed by atoms with Crippen LogP contribution >= 0.6 is 0 Å². The Kier molecular flexibility index (Phi) is 4.94. The van der Waals surface area contributed by atoms with Crippen molar-refractivity contribution in [2.24, 2.45) is 5.92 Å². The van der Waals surface area contributed by atoms with Crippen LogP contribution < -0.4 is 0 Å². The Bertz CT molecular complexity index is 431. The summed E-state index contributed by atoms with van der Waals surface area (Å²) < 4.78 is 0. The second-order valence-electron chi connectivity index (χ2n) is 5.59. The fourth-order valence-electron chi connectivity index (χ4n) is 2.79. The monoisotopic (exact) mass is 260 g/mol. The van der Waals surface area contributed by atoms with Gasteiger partial charge in [-0.05, 0) is 49.8 Å². The number of nitrogens with zero attached hydrogens (tertiary/aromatic N) is 2. The molecule has 0 radical (unpaired) electrons. The number of hydrogen-bond donors (Lipinski definition) is 0. The maximum absolute atomic E-state index is 12.3. The number of rotatable bonds is 3. The maximum atomic E-state index is 12.3. The van der Waals surface area contributed by atoms with Gasteiger partial charge in [0.1, 0.15) is 0 Å². The number of carbonyl (C=O) groups excluding carboxylic acids is 1. The van der Waals surface area contributed by atoms with Crippen molar-refractivity contribution in [1.29, 1.82) is 0 Å². The topological polar surface area (TPSA) is 33.2 Å². The highest BCUT2D eigenvalue weighted by molar-refractivity contribution is 5.78. The maximum Gasteiger partial charge on any atom is 0.228 e. The summed E-state index contributed by atoms with van der Waals surface area (Å²) in [7, 11) is 0. The first-order valence-electron chi connectivity index (χ1n) is 7.38. The number of likely N-dealkylation sites (tertiary alicyclic amines) is 1. The number of carbonyl (C=O) groups is 1. The molecule has 2 heterocycles. The van der Waals surface area contributed by atoms with E-state index in [0.717, 1.165) is 37.5 Å². The minimum absolute atomic E-state index is 0.231. The summed E-state index contributed by atoms with van der Waals surface area (Å²) in [5.41, 5.74) is 2.06. The van der Waals surface area contributed by atoms with E-state index in [1.165, 1.54) is 18.4 Å². The summed E-state index contributed by atoms with van der Waals surface area (Å²) in [6.07, 6.45) is 7.03. The van der Waals surface area contributed by atoms with E-state index in [-0.39, 0.29) is 5.91 Å². The second-order valence-corrected chi connectivity index (χ2v) is 5.59. The molecule has 1 atom stereocenters. The summed E-state index contributed by atoms with van der Waals surface area (Å²) in [5.74, 6) is 1.03. The van der Waals surface area contributed by atoms with Gasteiger partial charge in [0.05, 0.1) is 6.42 Å². The Hall–Kier alpha value is -1.38. The van der Waals surface area contributed by atoms with E-state index in [1.54, 1.807) is 6.20 Å². The first-order valence-corrected chi connectivity index (χ1v) is 7.38. The molecule has 0 aliphatic carbocycles. The van der Waals surface area contributed by atoms with Crippen molar-refractivity contribution in [2.45, 2.75) is 46.0 Å². The van der Waals surface area contributed by atoms with Crippen molar-refractivity contribution in [3.05, 3.63) is 29.6 Å². The van der Waals surface area contributed by atoms with Gasteiger partial charge in [-0.1, -0.05) is 13.3 Å². The van der Waals surface area contributed by atoms with Crippen LogP contribution in [-0.2, 0) is 11.2 Å². The summed E-state index contributed by atoms with van der Waals surface area (Å²) in [6, 6.07) is 3.97. The smallest absolute Gasteiger partial charge is 0.228 e. The molecular weight excluding hydrogens is 236 g/mol. The second kappa shape index (κ2) is 6.69. The molecule has 1 fully saturated rings. The molecule has 1 amide bonds. The molecule has 1 aromatic heterocycles. The predicted molar refractivity (Wildman–Crippen MR) is 76.9 cm³/mol. The van der Waals surface area contributed by atoms with Crippen molar-refractivity contribution in [1.82, 2.24) is 9.88 Å². The summed E-state index contributed by atoms with van der Waals surface area (Å²) >= 11 is 0. The molecule has 1 aliphatic rings. The van der Waals surface area contributed by atoms with E-state index < -0.39 is 0 Å². The molecule has 1 unspecified atom stereocenters. The quantitative estimate of drug-likeness (QED) is 0.837. The molecule has 3 nitrogen and oxygen atoms in total. The summed E-state index contributed by atoms with van der Waals surface area (Å²) in [4.78, 5) is 18.6. The van der Waals surface area contributed by atoms with Gasteiger partial charge in [0.15, 0.2) is 0 Å². The normalized spacial score (nSPS) is 20.1. The van der Waals surface area contributed by atoms with E-state index in [4.69, 9.17) is 0 Å². The zero-order valence-corrected chi connectivity index (χ0v) is 12.1. The van der Waals surface area contributed by atoms with Crippen LogP contribution in [0.4, 0.5) is 0 Å². The number of amides is 1. The molecule has 0 N–H and O–H groups in total. The minimum Gasteiger partial charge on any atom is -0.342 e. The van der Waals surface area contributed by atoms with Gasteiger partial charge in [-0.15, -0.1) is 0 Å². The first kappa shape index (κ1) is 14.0. The van der Waals surface area contributed by atoms with Crippen LogP contribution in [-0.4, -0.2) is 28.9 Å². The first-order chi connectivity index (χ1) is 9.19. The average molecular weight is 260 g/mol. The third-order valence-corrected chi connectivity index (χ3v) is 4.08. The molecule has 0 saturated carbocycles. The lowest BCUT2D eigenvalue weighted by Gasteiger charge is -2.20. The highest BCUT2D eigenvalue weighted by Gasteiger charge is 2.20. The van der Waals surface area contributed by atoms with Gasteiger partial charge >= 0.3 is 0 Å². The summed E-state index contributed by atoms with van der Waals surface area (Å²) in [6.45, 7) is 6.12. The van der Waals surface area contributed by atoms with Gasteiger partial charge in [0.25, 0.3) is 0 Å². The highest BCUT2D eigenvalue weighted by atomic mass is 16.2. The van der Waals surface area contributed by atoms with Crippen molar-refractivity contribution in [3.63, 3.8) is 0 Å². The molecule has 1 aromatic rings. The van der Waals surface area contributed by atoms with Gasteiger partial charge in [-0.2, -0.15) is 0 Å². The van der Waals surface area contributed by atoms with E-state index >= 15 is 0 Å². The zero-order valence-electron chi connectivity index (χ0n) is 12.1. The SMILES string of the molecule is CCC1CCCN(C(=O)Cc2cc(C)ccn2)CC1. The Morgan fingerprint density at radius 3 is 3.00 bits per heavy atom. The Balaban J connectivity index is 1.92. The largest absolute Gasteiger partial charge is 0.342 e. The van der Waals surface area contributed by atoms with E-state index in [2.05, 4.69) is 11.9 Å². The van der Waals surface area contributed by atoms with Crippen LogP contribution in [0.1, 0.15) is 43.9 Å². The Morgan fingerprint density at radius 1 is 1.42 bits per heavy atom. The molecule has 0 spiro atoms. The lowest BCUT2D eigenvalue weighted by molar-refractivity contribution is -0.130. The highest BCUT2D eigenvalue weighted by Crippen LogP contribution is 2.20. The van der Waals surface area contributed by atoms with Gasteiger partial charge in [-0.3, -0.25) is 9.78 Å². The van der Waals surface area contributed by atoms with E-state index in [1.807, 2.05) is 24.0 Å². The molecule has 1 aliphatic heterocycles. The third-order valence-electron chi connectivity index (χ3n) is 4.08. The van der Waals surface area contributed by atoms with Crippen LogP contribution in [0.2, 0.25) is 0 Å². The average Bonchev–Trinajstić information content (AvgIpc) is 2.64. The minimum atomic E-state index is 0.231. The van der Waals surface area contributed by atoms with Crippen LogP contribution in [0.25, 0.3) is 0 Å². The van der Waals surface area contributed by atoms with E-state index in [0.29, 0.717) is 6.42 Å². The standard InChI is InChI=1S/C16H24N2O/c1-3-14-5-4-9-18(10-7-14)16(19)12-15-11-13(2)6-8-17-15/h6,8,11,14H,3-5,7,9-10,12H2,1-2H3. The van der Waals surface area contributed by atoms with Crippen LogP contribution in [0.3, 0.4) is 0 Å². The summed E-state index contributed by atoms with van der Waals surface area (Å²) in [5, 5.41) is 0. The zero-order chi connectivity index (χ0) is 13.7. The lowest BCUT2D eigenvalue weighted by atomic mass is 9.98. The fraction of sp³-hybridized carbons (Fsp3) is 0.625. The Morgan fingerprint density at radius 2 is 2.26 bits per heavy atom. The van der Waals surface area contributed by atoms with Gasteiger partial charge < -0.3 is 4.90 Å². The van der Waals surface area contributed by atoms with Crippen LogP contribution in [0.15, 0.2) is 18.3 Å². The fourth-order valence-corrected chi connectivity index (χ4v) is 2.79. The van der Waals surface area contributed by atoms with Crippen molar-refractivity contribution in [2.75, 3.05) is 13.1 Å². The van der Waals surface area contributed by atoms with Gasteiger partial charge in [-0.25, -0.2) is 0 Å². The third kappa shape index (κ3) is 4.05. The van der Waals surface area contributed by atoms with Crippen molar-refractivity contribution in [3.8, 4) is 0 Å².